The molecule has 4 rings (SSSR count). The summed E-state index contributed by atoms with van der Waals surface area (Å²) in [6.45, 7) is 8.46. The van der Waals surface area contributed by atoms with Crippen LogP contribution in [0.3, 0.4) is 0 Å². The van der Waals surface area contributed by atoms with E-state index in [4.69, 9.17) is 30.5 Å². The number of likely N-dealkylation sites (tertiary alicyclic amines) is 1. The minimum Gasteiger partial charge on any atom is -0.490 e. The molecule has 0 radical (unpaired) electrons. The number of nitrogens with one attached hydrogen (secondary N) is 1. The van der Waals surface area contributed by atoms with Crippen molar-refractivity contribution in [1.82, 2.24) is 10.2 Å². The Morgan fingerprint density at radius 1 is 1.13 bits per heavy atom. The number of hydrogen-bond donors (Lipinski definition) is 2. The Kier molecular flexibility index (Phi) is 10.3. The quantitative estimate of drug-likeness (QED) is 0.365. The van der Waals surface area contributed by atoms with Crippen molar-refractivity contribution in [2.75, 3.05) is 58.5 Å². The second-order valence-electron chi connectivity index (χ2n) is 10.7. The van der Waals surface area contributed by atoms with Gasteiger partial charge in [-0.3, -0.25) is 4.79 Å². The lowest BCUT2D eigenvalue weighted by Crippen LogP contribution is -2.44. The lowest BCUT2D eigenvalue weighted by molar-refractivity contribution is -0.137. The number of nitrogens with zero attached hydrogens (tertiary/aromatic N) is 2. The number of rotatable bonds is 12. The number of aliphatic carboxylic acids is 1. The van der Waals surface area contributed by atoms with Crippen LogP contribution in [0.25, 0.3) is 0 Å². The smallest absolute Gasteiger partial charge is 0.305 e. The zero-order valence-corrected chi connectivity index (χ0v) is 24.2. The van der Waals surface area contributed by atoms with Crippen molar-refractivity contribution in [2.24, 2.45) is 11.8 Å². The second kappa shape index (κ2) is 13.6. The summed E-state index contributed by atoms with van der Waals surface area (Å²) in [5, 5.41) is 13.5. The maximum absolute atomic E-state index is 11.6. The first-order valence-corrected chi connectivity index (χ1v) is 14.2. The maximum atomic E-state index is 11.6. The van der Waals surface area contributed by atoms with Gasteiger partial charge in [0.2, 0.25) is 0 Å². The largest absolute Gasteiger partial charge is 0.490 e. The molecule has 1 aromatic carbocycles. The highest BCUT2D eigenvalue weighted by atomic mass is 35.5. The summed E-state index contributed by atoms with van der Waals surface area (Å²) in [4.78, 5) is 16.1. The van der Waals surface area contributed by atoms with Crippen molar-refractivity contribution in [2.45, 2.75) is 51.4 Å². The summed E-state index contributed by atoms with van der Waals surface area (Å²) in [6, 6.07) is 7.91. The number of ether oxygens (including phenoxy) is 4. The SMILES string of the molecule is COCCCOC1CN(c2ccc(OC3CCN(C4=C(Cl)CNC(OC)=C4)CC3C)cc2)C(CC(=O)O)C1C. The molecule has 9 nitrogen and oxygen atoms in total. The summed E-state index contributed by atoms with van der Waals surface area (Å²) in [6.07, 6.45) is 3.81. The highest BCUT2D eigenvalue weighted by Gasteiger charge is 2.41. The zero-order chi connectivity index (χ0) is 27.9. The van der Waals surface area contributed by atoms with Crippen LogP contribution < -0.4 is 15.0 Å². The van der Waals surface area contributed by atoms with E-state index in [-0.39, 0.29) is 30.6 Å². The van der Waals surface area contributed by atoms with E-state index in [1.807, 2.05) is 30.3 Å². The van der Waals surface area contributed by atoms with Gasteiger partial charge in [0.15, 0.2) is 5.88 Å². The van der Waals surface area contributed by atoms with Gasteiger partial charge in [-0.2, -0.15) is 0 Å². The molecule has 1 aromatic rings. The molecule has 0 aliphatic carbocycles. The van der Waals surface area contributed by atoms with Crippen molar-refractivity contribution in [3.05, 3.63) is 47.0 Å². The highest BCUT2D eigenvalue weighted by molar-refractivity contribution is 6.30. The number of carbonyl (C=O) groups is 1. The van der Waals surface area contributed by atoms with Crippen molar-refractivity contribution < 1.29 is 28.8 Å². The van der Waals surface area contributed by atoms with E-state index in [9.17, 15) is 9.90 Å². The number of benzene rings is 1. The first kappa shape index (κ1) is 29.4. The molecule has 2 N–H and O–H groups in total. The van der Waals surface area contributed by atoms with Crippen LogP contribution in [0.5, 0.6) is 5.75 Å². The van der Waals surface area contributed by atoms with E-state index >= 15 is 0 Å². The number of piperidine rings is 1. The molecule has 5 unspecified atom stereocenters. The van der Waals surface area contributed by atoms with E-state index in [2.05, 4.69) is 29.0 Å². The molecule has 3 aliphatic heterocycles. The minimum atomic E-state index is -0.798. The number of methoxy groups -OCH3 is 2. The number of hydrogen-bond acceptors (Lipinski definition) is 8. The first-order valence-electron chi connectivity index (χ1n) is 13.8. The molecule has 216 valence electrons. The molecule has 10 heteroatoms. The standard InChI is InChI=1S/C29H42ClN3O6/c1-19-17-32(25-14-28(37-4)31-16-23(25)30)11-10-26(19)39-22-8-6-21(7-9-22)33-18-27(38-13-5-12-36-3)20(2)24(33)15-29(34)35/h6-9,14,19-20,24,26-27,31H,5,10-13,15-18H2,1-4H3,(H,34,35). The molecular formula is C29H42ClN3O6. The van der Waals surface area contributed by atoms with Crippen LogP contribution in [0.4, 0.5) is 5.69 Å². The minimum absolute atomic E-state index is 0.0217. The average molecular weight is 564 g/mol. The lowest BCUT2D eigenvalue weighted by Gasteiger charge is -2.39. The monoisotopic (exact) mass is 563 g/mol. The van der Waals surface area contributed by atoms with Gasteiger partial charge in [0, 0.05) is 76.0 Å². The normalized spacial score (nSPS) is 27.3. The topological polar surface area (TPSA) is 92.7 Å². The fourth-order valence-corrected chi connectivity index (χ4v) is 5.99. The number of allylic oxidation sites excluding steroid dienone is 1. The zero-order valence-electron chi connectivity index (χ0n) is 23.4. The Bertz CT molecular complexity index is 1030. The molecule has 5 atom stereocenters. The molecule has 39 heavy (non-hydrogen) atoms. The highest BCUT2D eigenvalue weighted by Crippen LogP contribution is 2.35. The number of carboxylic acids is 1. The number of halogens is 1. The van der Waals surface area contributed by atoms with Gasteiger partial charge in [-0.1, -0.05) is 25.4 Å². The van der Waals surface area contributed by atoms with E-state index in [0.29, 0.717) is 32.2 Å². The van der Waals surface area contributed by atoms with Crippen LogP contribution in [-0.2, 0) is 19.0 Å². The van der Waals surface area contributed by atoms with Crippen LogP contribution in [-0.4, -0.2) is 87.8 Å². The van der Waals surface area contributed by atoms with Gasteiger partial charge in [0.25, 0.3) is 0 Å². The first-order chi connectivity index (χ1) is 18.8. The molecule has 3 aliphatic rings. The Morgan fingerprint density at radius 2 is 1.90 bits per heavy atom. The van der Waals surface area contributed by atoms with E-state index in [0.717, 1.165) is 54.0 Å². The Labute approximate surface area is 236 Å². The number of dihydropyridines is 1. The second-order valence-corrected chi connectivity index (χ2v) is 11.1. The van der Waals surface area contributed by atoms with Gasteiger partial charge in [-0.05, 0) is 30.7 Å². The molecule has 0 spiro atoms. The molecule has 2 fully saturated rings. The Hall–Kier alpha value is -2.62. The lowest BCUT2D eigenvalue weighted by atomic mass is 9.95. The summed E-state index contributed by atoms with van der Waals surface area (Å²) in [5.41, 5.74) is 2.00. The van der Waals surface area contributed by atoms with Gasteiger partial charge in [-0.25, -0.2) is 0 Å². The van der Waals surface area contributed by atoms with Gasteiger partial charge in [0.1, 0.15) is 11.9 Å². The fourth-order valence-electron chi connectivity index (χ4n) is 5.75. The summed E-state index contributed by atoms with van der Waals surface area (Å²) in [7, 11) is 3.33. The van der Waals surface area contributed by atoms with Crippen molar-refractivity contribution in [1.29, 1.82) is 0 Å². The van der Waals surface area contributed by atoms with Gasteiger partial charge < -0.3 is 39.2 Å². The molecule has 0 bridgehead atoms. The van der Waals surface area contributed by atoms with Crippen molar-refractivity contribution in [3.63, 3.8) is 0 Å². The molecule has 0 saturated carbocycles. The van der Waals surface area contributed by atoms with Crippen molar-refractivity contribution in [3.8, 4) is 5.75 Å². The molecule has 3 heterocycles. The number of anilines is 1. The van der Waals surface area contributed by atoms with E-state index < -0.39 is 5.97 Å². The summed E-state index contributed by atoms with van der Waals surface area (Å²) >= 11 is 6.51. The fraction of sp³-hybridized carbons (Fsp3) is 0.621. The third-order valence-corrected chi connectivity index (χ3v) is 8.31. The number of carboxylic acid groups (broad SMARTS) is 1. The van der Waals surface area contributed by atoms with Crippen molar-refractivity contribution >= 4 is 23.3 Å². The van der Waals surface area contributed by atoms with Gasteiger partial charge >= 0.3 is 5.97 Å². The van der Waals surface area contributed by atoms with Crippen LogP contribution in [0.2, 0.25) is 0 Å². The summed E-state index contributed by atoms with van der Waals surface area (Å²) < 4.78 is 23.0. The average Bonchev–Trinajstić information content (AvgIpc) is 3.22. The van der Waals surface area contributed by atoms with Gasteiger partial charge in [-0.15, -0.1) is 0 Å². The van der Waals surface area contributed by atoms with E-state index in [1.165, 1.54) is 0 Å². The van der Waals surface area contributed by atoms with Crippen LogP contribution >= 0.6 is 11.6 Å². The molecule has 2 saturated heterocycles. The molecule has 0 aromatic heterocycles. The summed E-state index contributed by atoms with van der Waals surface area (Å²) in [5.74, 6) is 1.15. The van der Waals surface area contributed by atoms with Gasteiger partial charge in [0.05, 0.1) is 36.9 Å². The Balaban J connectivity index is 1.37. The predicted molar refractivity (Wildman–Crippen MR) is 151 cm³/mol. The maximum Gasteiger partial charge on any atom is 0.305 e. The third kappa shape index (κ3) is 7.32. The third-order valence-electron chi connectivity index (χ3n) is 7.99. The van der Waals surface area contributed by atoms with Crippen LogP contribution in [0.15, 0.2) is 47.0 Å². The molecule has 0 amide bonds. The Morgan fingerprint density at radius 3 is 2.56 bits per heavy atom. The predicted octanol–water partition coefficient (Wildman–Crippen LogP) is 4.04. The van der Waals surface area contributed by atoms with Crippen LogP contribution in [0.1, 0.15) is 33.1 Å². The van der Waals surface area contributed by atoms with Crippen LogP contribution in [0, 0.1) is 11.8 Å². The van der Waals surface area contributed by atoms with E-state index in [1.54, 1.807) is 14.2 Å². The molecular weight excluding hydrogens is 522 g/mol.